The molecule has 7 aromatic rings. The lowest BCUT2D eigenvalue weighted by molar-refractivity contribution is 0.544. The van der Waals surface area contributed by atoms with Crippen LogP contribution in [0.2, 0.25) is 0 Å². The number of nitrogens with zero attached hydrogens (tertiary/aromatic N) is 2. The standard InChI is InChI=1S/C68H44N2/c1-9-37-65(38-10-2)51-29-21-17-25-47(51)61-57(65)55(58-62(69-61)48-26-18-22-30-52(48)66(58,39-11-3)40-12-4)45-33-35-46(36-34-45)56-59-63(49-27-19-23-31-53(49)67(59,41-13-5)42-14-6)70-64-50-28-20-24-32-54(50)68(43-15-7,44-16-8)60(56)64/h1-8,17-36H,37-44H2. The zero-order valence-electron chi connectivity index (χ0n) is 38.7. The van der Waals surface area contributed by atoms with Gasteiger partial charge in [0.2, 0.25) is 0 Å². The maximum atomic E-state index is 6.38. The smallest absolute Gasteiger partial charge is 0.0760 e. The Morgan fingerprint density at radius 3 is 0.686 bits per heavy atom. The van der Waals surface area contributed by atoms with Crippen molar-refractivity contribution in [2.45, 2.75) is 73.0 Å². The fourth-order valence-corrected chi connectivity index (χ4v) is 13.3. The molecule has 0 radical (unpaired) electrons. The summed E-state index contributed by atoms with van der Waals surface area (Å²) in [6, 6.07) is 42.3. The van der Waals surface area contributed by atoms with E-state index in [0.29, 0.717) is 51.4 Å². The maximum Gasteiger partial charge on any atom is 0.0760 e. The van der Waals surface area contributed by atoms with Crippen LogP contribution in [0, 0.1) is 98.8 Å². The molecule has 0 N–H and O–H groups in total. The van der Waals surface area contributed by atoms with E-state index < -0.39 is 21.7 Å². The van der Waals surface area contributed by atoms with E-state index in [2.05, 4.69) is 120 Å². The van der Waals surface area contributed by atoms with Gasteiger partial charge in [-0.2, -0.15) is 0 Å². The van der Waals surface area contributed by atoms with Crippen LogP contribution < -0.4 is 0 Å². The molecule has 4 aliphatic rings. The number of pyridine rings is 2. The van der Waals surface area contributed by atoms with E-state index in [4.69, 9.17) is 61.4 Å². The zero-order valence-corrected chi connectivity index (χ0v) is 38.7. The summed E-state index contributed by atoms with van der Waals surface area (Å²) >= 11 is 0. The SMILES string of the molecule is C#CCC1(CC#C)c2ccccc2-c2nc3c(c(-c4ccc(-c5c6c(nc7c5C(CC#C)(CC#C)c5ccccc5-7)-c5ccccc5C6(CC#C)CC#C)cc4)c21)C(CC#C)(CC#C)c1ccccc1-3. The molecule has 0 saturated carbocycles. The van der Waals surface area contributed by atoms with Crippen molar-refractivity contribution in [3.05, 3.63) is 166 Å². The largest absolute Gasteiger partial charge is 0.247 e. The quantitative estimate of drug-likeness (QED) is 0.128. The van der Waals surface area contributed by atoms with Crippen LogP contribution in [0.1, 0.15) is 95.9 Å². The van der Waals surface area contributed by atoms with Gasteiger partial charge in [0.1, 0.15) is 0 Å². The predicted molar refractivity (Wildman–Crippen MR) is 285 cm³/mol. The Labute approximate surface area is 412 Å². The van der Waals surface area contributed by atoms with Gasteiger partial charge in [-0.15, -0.1) is 98.8 Å². The second-order valence-corrected chi connectivity index (χ2v) is 19.0. The Bertz CT molecular complexity index is 3240. The lowest BCUT2D eigenvalue weighted by atomic mass is 9.66. The molecule has 2 heteroatoms. The molecular formula is C68H44N2. The summed E-state index contributed by atoms with van der Waals surface area (Å²) in [6.07, 6.45) is 53.8. The summed E-state index contributed by atoms with van der Waals surface area (Å²) in [5.41, 5.74) is 16.4. The van der Waals surface area contributed by atoms with E-state index in [-0.39, 0.29) is 0 Å². The van der Waals surface area contributed by atoms with Gasteiger partial charge in [-0.05, 0) is 66.8 Å². The van der Waals surface area contributed by atoms with Gasteiger partial charge < -0.3 is 0 Å². The minimum Gasteiger partial charge on any atom is -0.247 e. The van der Waals surface area contributed by atoms with Crippen molar-refractivity contribution < 1.29 is 0 Å². The summed E-state index contributed by atoms with van der Waals surface area (Å²) < 4.78 is 0. The zero-order chi connectivity index (χ0) is 48.4. The van der Waals surface area contributed by atoms with Crippen LogP contribution in [-0.4, -0.2) is 9.97 Å². The van der Waals surface area contributed by atoms with Crippen molar-refractivity contribution in [1.29, 1.82) is 0 Å². The summed E-state index contributed by atoms with van der Waals surface area (Å²) in [4.78, 5) is 11.3. The van der Waals surface area contributed by atoms with Gasteiger partial charge >= 0.3 is 0 Å². The highest BCUT2D eigenvalue weighted by molar-refractivity contribution is 5.99. The Hall–Kier alpha value is -9.12. The fourth-order valence-electron chi connectivity index (χ4n) is 13.3. The highest BCUT2D eigenvalue weighted by Crippen LogP contribution is 2.65. The van der Waals surface area contributed by atoms with Crippen LogP contribution in [0.25, 0.3) is 67.3 Å². The van der Waals surface area contributed by atoms with E-state index in [9.17, 15) is 0 Å². The second kappa shape index (κ2) is 16.3. The van der Waals surface area contributed by atoms with Crippen molar-refractivity contribution >= 4 is 0 Å². The molecule has 0 fully saturated rings. The molecule has 2 aromatic heterocycles. The van der Waals surface area contributed by atoms with Gasteiger partial charge in [0, 0.05) is 95.3 Å². The lowest BCUT2D eigenvalue weighted by Gasteiger charge is -2.35. The van der Waals surface area contributed by atoms with Gasteiger partial charge in [-0.25, -0.2) is 9.97 Å². The van der Waals surface area contributed by atoms with Crippen molar-refractivity contribution in [3.8, 4) is 166 Å². The second-order valence-electron chi connectivity index (χ2n) is 19.0. The molecule has 11 rings (SSSR count). The molecule has 2 nitrogen and oxygen atoms in total. The Morgan fingerprint density at radius 2 is 0.486 bits per heavy atom. The predicted octanol–water partition coefficient (Wildman–Crippen LogP) is 13.1. The molecule has 0 amide bonds. The molecule has 326 valence electrons. The van der Waals surface area contributed by atoms with E-state index in [1.807, 2.05) is 48.5 Å². The molecule has 70 heavy (non-hydrogen) atoms. The van der Waals surface area contributed by atoms with E-state index in [1.165, 1.54) is 0 Å². The third-order valence-electron chi connectivity index (χ3n) is 15.8. The van der Waals surface area contributed by atoms with Crippen LogP contribution in [0.5, 0.6) is 0 Å². The van der Waals surface area contributed by atoms with Crippen LogP contribution in [0.4, 0.5) is 0 Å². The van der Waals surface area contributed by atoms with Crippen LogP contribution in [0.15, 0.2) is 121 Å². The lowest BCUT2D eigenvalue weighted by Crippen LogP contribution is -2.29. The third-order valence-corrected chi connectivity index (χ3v) is 15.8. The van der Waals surface area contributed by atoms with Crippen molar-refractivity contribution in [1.82, 2.24) is 9.97 Å². The molecule has 4 aliphatic carbocycles. The molecule has 0 bridgehead atoms. The summed E-state index contributed by atoms with van der Waals surface area (Å²) in [5, 5.41) is 0. The van der Waals surface area contributed by atoms with E-state index >= 15 is 0 Å². The van der Waals surface area contributed by atoms with E-state index in [1.54, 1.807) is 0 Å². The number of benzene rings is 5. The molecule has 0 unspecified atom stereocenters. The average Bonchev–Trinajstić information content (AvgIpc) is 4.01. The average molecular weight is 889 g/mol. The highest BCUT2D eigenvalue weighted by atomic mass is 14.8. The number of fused-ring (bicyclic) bond motifs is 12. The first-order chi connectivity index (χ1) is 34.3. The summed E-state index contributed by atoms with van der Waals surface area (Å²) in [6.45, 7) is 0. The first-order valence-corrected chi connectivity index (χ1v) is 23.5. The molecular weight excluding hydrogens is 845 g/mol. The third kappa shape index (κ3) is 5.53. The van der Waals surface area contributed by atoms with Crippen LogP contribution >= 0.6 is 0 Å². The first kappa shape index (κ1) is 43.5. The molecule has 2 heterocycles. The van der Waals surface area contributed by atoms with Crippen LogP contribution in [-0.2, 0) is 21.7 Å². The van der Waals surface area contributed by atoms with Crippen molar-refractivity contribution in [3.63, 3.8) is 0 Å². The number of hydrogen-bond acceptors (Lipinski definition) is 2. The van der Waals surface area contributed by atoms with E-state index in [0.717, 1.165) is 112 Å². The van der Waals surface area contributed by atoms with Gasteiger partial charge in [0.05, 0.1) is 22.8 Å². The molecule has 0 aliphatic heterocycles. The van der Waals surface area contributed by atoms with Crippen LogP contribution in [0.3, 0.4) is 0 Å². The topological polar surface area (TPSA) is 25.8 Å². The van der Waals surface area contributed by atoms with Gasteiger partial charge in [-0.1, -0.05) is 121 Å². The Kier molecular flexibility index (Phi) is 10.1. The van der Waals surface area contributed by atoms with Gasteiger partial charge in [-0.3, -0.25) is 0 Å². The summed E-state index contributed by atoms with van der Waals surface area (Å²) in [7, 11) is 0. The van der Waals surface area contributed by atoms with Gasteiger partial charge in [0.15, 0.2) is 0 Å². The monoisotopic (exact) mass is 888 g/mol. The molecule has 5 aromatic carbocycles. The first-order valence-electron chi connectivity index (χ1n) is 23.5. The number of aromatic nitrogens is 2. The fraction of sp³-hybridized carbons (Fsp3) is 0.176. The Morgan fingerprint density at radius 1 is 0.286 bits per heavy atom. The Balaban J connectivity index is 1.28. The normalized spacial score (nSPS) is 15.1. The minimum atomic E-state index is -0.767. The number of hydrogen-bond donors (Lipinski definition) is 0. The molecule has 0 saturated heterocycles. The molecule has 0 atom stereocenters. The number of rotatable bonds is 10. The van der Waals surface area contributed by atoms with Crippen molar-refractivity contribution in [2.24, 2.45) is 0 Å². The number of terminal acetylenes is 8. The summed E-state index contributed by atoms with van der Waals surface area (Å²) in [5.74, 6) is 24.4. The van der Waals surface area contributed by atoms with Crippen molar-refractivity contribution in [2.75, 3.05) is 0 Å². The van der Waals surface area contributed by atoms with Gasteiger partial charge in [0.25, 0.3) is 0 Å². The minimum absolute atomic E-state index is 0.353. The molecule has 0 spiro atoms. The highest BCUT2D eigenvalue weighted by Gasteiger charge is 2.54. The maximum absolute atomic E-state index is 6.38.